The molecule has 28 heavy (non-hydrogen) atoms. The highest BCUT2D eigenvalue weighted by molar-refractivity contribution is 7.99. The summed E-state index contributed by atoms with van der Waals surface area (Å²) in [6.45, 7) is 10.6. The number of rotatable bonds is 4. The fraction of sp³-hybridized carbons (Fsp3) is 0.227. The fourth-order valence-electron chi connectivity index (χ4n) is 3.28. The summed E-state index contributed by atoms with van der Waals surface area (Å²) < 4.78 is 1.86. The Morgan fingerprint density at radius 2 is 2.11 bits per heavy atom. The standard InChI is InChI=1S/C22H21N5S/c1-5-13(2)17-7-8-18-15(4)24-21-22(25-26-27(21)19(18)11-17)28-20-9-6-16(12-23)10-14(20)3/h6-11,13,24H,4-5H2,1-3H3. The predicted molar refractivity (Wildman–Crippen MR) is 113 cm³/mol. The quantitative estimate of drug-likeness (QED) is 0.639. The zero-order valence-corrected chi connectivity index (χ0v) is 17.0. The van der Waals surface area contributed by atoms with Crippen LogP contribution in [-0.4, -0.2) is 15.0 Å². The highest BCUT2D eigenvalue weighted by atomic mass is 32.2. The van der Waals surface area contributed by atoms with Crippen LogP contribution >= 0.6 is 11.8 Å². The number of hydrogen-bond donors (Lipinski definition) is 1. The number of nitrogens with zero attached hydrogens (tertiary/aromatic N) is 4. The van der Waals surface area contributed by atoms with E-state index in [-0.39, 0.29) is 0 Å². The first-order chi connectivity index (χ1) is 13.5. The maximum absolute atomic E-state index is 9.07. The molecule has 4 rings (SSSR count). The van der Waals surface area contributed by atoms with Crippen LogP contribution in [0.1, 0.15) is 48.4 Å². The number of aryl methyl sites for hydroxylation is 1. The van der Waals surface area contributed by atoms with Crippen molar-refractivity contribution in [2.45, 2.75) is 43.0 Å². The first-order valence-electron chi connectivity index (χ1n) is 9.26. The van der Waals surface area contributed by atoms with E-state index in [1.165, 1.54) is 17.3 Å². The van der Waals surface area contributed by atoms with Crippen molar-refractivity contribution >= 4 is 23.3 Å². The van der Waals surface area contributed by atoms with Crippen LogP contribution in [0, 0.1) is 18.3 Å². The largest absolute Gasteiger partial charge is 0.338 e. The van der Waals surface area contributed by atoms with Gasteiger partial charge in [0.05, 0.1) is 17.3 Å². The van der Waals surface area contributed by atoms with Gasteiger partial charge < -0.3 is 5.32 Å². The summed E-state index contributed by atoms with van der Waals surface area (Å²) in [4.78, 5) is 1.05. The molecule has 0 fully saturated rings. The maximum Gasteiger partial charge on any atom is 0.169 e. The van der Waals surface area contributed by atoms with Gasteiger partial charge in [0.15, 0.2) is 10.8 Å². The predicted octanol–water partition coefficient (Wildman–Crippen LogP) is 5.51. The highest BCUT2D eigenvalue weighted by Crippen LogP contribution is 2.40. The molecule has 2 aromatic carbocycles. The molecule has 0 saturated heterocycles. The molecule has 0 radical (unpaired) electrons. The van der Waals surface area contributed by atoms with Gasteiger partial charge in [-0.25, -0.2) is 0 Å². The Hall–Kier alpha value is -3.04. The molecule has 1 aliphatic rings. The molecular weight excluding hydrogens is 366 g/mol. The smallest absolute Gasteiger partial charge is 0.169 e. The second-order valence-corrected chi connectivity index (χ2v) is 8.07. The fourth-order valence-corrected chi connectivity index (χ4v) is 4.16. The molecule has 0 saturated carbocycles. The minimum Gasteiger partial charge on any atom is -0.338 e. The molecule has 1 N–H and O–H groups in total. The molecule has 5 nitrogen and oxygen atoms in total. The summed E-state index contributed by atoms with van der Waals surface area (Å²) in [5.74, 6) is 1.31. The van der Waals surface area contributed by atoms with Crippen LogP contribution in [-0.2, 0) is 0 Å². The SMILES string of the molecule is C=C1Nc2c(Sc3ccc(C#N)cc3C)nnn2-c2cc(C(C)CC)ccc21. The topological polar surface area (TPSA) is 66.5 Å². The number of hydrogen-bond acceptors (Lipinski definition) is 5. The lowest BCUT2D eigenvalue weighted by atomic mass is 9.95. The second kappa shape index (κ2) is 7.17. The van der Waals surface area contributed by atoms with Crippen LogP contribution in [0.4, 0.5) is 5.82 Å². The number of nitrogens with one attached hydrogen (secondary N) is 1. The molecule has 0 aliphatic carbocycles. The van der Waals surface area contributed by atoms with Gasteiger partial charge in [-0.05, 0) is 54.7 Å². The molecule has 0 amide bonds. The Kier molecular flexibility index (Phi) is 4.70. The molecule has 140 valence electrons. The van der Waals surface area contributed by atoms with Crippen molar-refractivity contribution in [1.29, 1.82) is 5.26 Å². The van der Waals surface area contributed by atoms with Crippen molar-refractivity contribution < 1.29 is 0 Å². The summed E-state index contributed by atoms with van der Waals surface area (Å²) in [6.07, 6.45) is 1.08. The Bertz CT molecular complexity index is 1120. The van der Waals surface area contributed by atoms with E-state index >= 15 is 0 Å². The van der Waals surface area contributed by atoms with Gasteiger partial charge in [-0.2, -0.15) is 9.94 Å². The number of nitriles is 1. The molecule has 3 aromatic rings. The molecule has 2 heterocycles. The summed E-state index contributed by atoms with van der Waals surface area (Å²) in [5.41, 5.74) is 5.88. The van der Waals surface area contributed by atoms with Crippen molar-refractivity contribution in [3.8, 4) is 11.8 Å². The van der Waals surface area contributed by atoms with E-state index in [2.05, 4.69) is 60.3 Å². The zero-order chi connectivity index (χ0) is 19.8. The van der Waals surface area contributed by atoms with Crippen molar-refractivity contribution in [3.05, 3.63) is 65.2 Å². The van der Waals surface area contributed by atoms with E-state index in [9.17, 15) is 0 Å². The van der Waals surface area contributed by atoms with E-state index in [1.54, 1.807) is 0 Å². The van der Waals surface area contributed by atoms with Gasteiger partial charge in [-0.1, -0.05) is 49.5 Å². The third-order valence-corrected chi connectivity index (χ3v) is 6.32. The van der Waals surface area contributed by atoms with Crippen molar-refractivity contribution in [2.24, 2.45) is 0 Å². The van der Waals surface area contributed by atoms with Crippen molar-refractivity contribution in [3.63, 3.8) is 0 Å². The molecule has 1 unspecified atom stereocenters. The monoisotopic (exact) mass is 387 g/mol. The van der Waals surface area contributed by atoms with E-state index in [0.717, 1.165) is 44.7 Å². The van der Waals surface area contributed by atoms with Gasteiger partial charge in [0.25, 0.3) is 0 Å². The second-order valence-electron chi connectivity index (χ2n) is 7.04. The summed E-state index contributed by atoms with van der Waals surface area (Å²) in [6, 6.07) is 14.3. The molecule has 1 aromatic heterocycles. The van der Waals surface area contributed by atoms with E-state index < -0.39 is 0 Å². The zero-order valence-electron chi connectivity index (χ0n) is 16.2. The minimum atomic E-state index is 0.482. The van der Waals surface area contributed by atoms with Crippen LogP contribution in [0.5, 0.6) is 0 Å². The summed E-state index contributed by atoms with van der Waals surface area (Å²) >= 11 is 1.54. The van der Waals surface area contributed by atoms with Crippen LogP contribution in [0.25, 0.3) is 11.4 Å². The van der Waals surface area contributed by atoms with Crippen molar-refractivity contribution in [2.75, 3.05) is 5.32 Å². The molecule has 0 bridgehead atoms. The average molecular weight is 388 g/mol. The first-order valence-corrected chi connectivity index (χ1v) is 10.1. The Morgan fingerprint density at radius 1 is 1.29 bits per heavy atom. The Morgan fingerprint density at radius 3 is 2.82 bits per heavy atom. The van der Waals surface area contributed by atoms with Crippen LogP contribution in [0.2, 0.25) is 0 Å². The Labute approximate surface area is 169 Å². The van der Waals surface area contributed by atoms with Gasteiger partial charge in [-0.3, -0.25) is 0 Å². The van der Waals surface area contributed by atoms with Gasteiger partial charge in [-0.15, -0.1) is 5.10 Å². The molecule has 0 spiro atoms. The van der Waals surface area contributed by atoms with E-state index in [4.69, 9.17) is 5.26 Å². The number of benzene rings is 2. The molecule has 1 atom stereocenters. The number of anilines is 1. The number of aromatic nitrogens is 3. The van der Waals surface area contributed by atoms with Crippen LogP contribution in [0.15, 0.2) is 52.9 Å². The third kappa shape index (κ3) is 3.08. The molecule has 6 heteroatoms. The lowest BCUT2D eigenvalue weighted by Crippen LogP contribution is -2.15. The summed E-state index contributed by atoms with van der Waals surface area (Å²) in [7, 11) is 0. The third-order valence-electron chi connectivity index (χ3n) is 5.18. The van der Waals surface area contributed by atoms with Gasteiger partial charge in [0, 0.05) is 16.2 Å². The normalized spacial score (nSPS) is 13.3. The van der Waals surface area contributed by atoms with Gasteiger partial charge in [0.1, 0.15) is 0 Å². The highest BCUT2D eigenvalue weighted by Gasteiger charge is 2.25. The lowest BCUT2D eigenvalue weighted by molar-refractivity contribution is 0.728. The lowest BCUT2D eigenvalue weighted by Gasteiger charge is -2.23. The Balaban J connectivity index is 1.75. The van der Waals surface area contributed by atoms with Gasteiger partial charge >= 0.3 is 0 Å². The molecule has 1 aliphatic heterocycles. The van der Waals surface area contributed by atoms with E-state index in [1.807, 2.05) is 29.8 Å². The van der Waals surface area contributed by atoms with E-state index in [0.29, 0.717) is 11.5 Å². The van der Waals surface area contributed by atoms with Crippen LogP contribution in [0.3, 0.4) is 0 Å². The maximum atomic E-state index is 9.07. The summed E-state index contributed by atoms with van der Waals surface area (Å²) in [5, 5.41) is 22.0. The minimum absolute atomic E-state index is 0.482. The first kappa shape index (κ1) is 18.3. The molecular formula is C22H21N5S. The van der Waals surface area contributed by atoms with Crippen LogP contribution < -0.4 is 5.32 Å². The average Bonchev–Trinajstić information content (AvgIpc) is 3.11. The number of fused-ring (bicyclic) bond motifs is 3. The van der Waals surface area contributed by atoms with Crippen molar-refractivity contribution in [1.82, 2.24) is 15.0 Å². The van der Waals surface area contributed by atoms with Gasteiger partial charge in [0.2, 0.25) is 0 Å².